The lowest BCUT2D eigenvalue weighted by Crippen LogP contribution is -2.37. The van der Waals surface area contributed by atoms with Crippen LogP contribution in [-0.2, 0) is 9.53 Å². The lowest BCUT2D eigenvalue weighted by atomic mass is 9.97. The van der Waals surface area contributed by atoms with Crippen LogP contribution in [-0.4, -0.2) is 43.0 Å². The second kappa shape index (κ2) is 7.07. The Hall–Kier alpha value is -0.280. The summed E-state index contributed by atoms with van der Waals surface area (Å²) in [6, 6.07) is 0. The molecule has 1 aliphatic heterocycles. The number of hydrogen-bond donors (Lipinski definition) is 0. The average molecular weight is 234 g/mol. The van der Waals surface area contributed by atoms with E-state index in [2.05, 4.69) is 4.90 Å². The van der Waals surface area contributed by atoms with Gasteiger partial charge in [-0.05, 0) is 45.8 Å². The van der Waals surface area contributed by atoms with Gasteiger partial charge in [-0.25, -0.2) is 0 Å². The molecule has 0 saturated carbocycles. The first kappa shape index (κ1) is 12.8. The van der Waals surface area contributed by atoms with Gasteiger partial charge in [0.2, 0.25) is 0 Å². The molecule has 0 N–H and O–H groups in total. The number of halogens is 1. The number of carbonyl (C=O) groups excluding carboxylic acids is 1. The minimum atomic E-state index is -0.0190. The van der Waals surface area contributed by atoms with E-state index in [0.29, 0.717) is 6.61 Å². The molecule has 3 nitrogen and oxygen atoms in total. The molecule has 0 unspecified atom stereocenters. The molecule has 0 aromatic heterocycles. The van der Waals surface area contributed by atoms with E-state index in [1.165, 1.54) is 0 Å². The van der Waals surface area contributed by atoms with Gasteiger partial charge in [0.05, 0.1) is 12.5 Å². The van der Waals surface area contributed by atoms with Gasteiger partial charge in [0.1, 0.15) is 0 Å². The number of carbonyl (C=O) groups is 1. The second-order valence-corrected chi connectivity index (χ2v) is 4.29. The van der Waals surface area contributed by atoms with Crippen LogP contribution in [0.4, 0.5) is 0 Å². The van der Waals surface area contributed by atoms with Gasteiger partial charge in [-0.15, -0.1) is 11.6 Å². The molecule has 4 heteroatoms. The smallest absolute Gasteiger partial charge is 0.309 e. The fourth-order valence-corrected chi connectivity index (χ4v) is 2.06. The molecule has 0 radical (unpaired) electrons. The van der Waals surface area contributed by atoms with Gasteiger partial charge in [-0.1, -0.05) is 0 Å². The van der Waals surface area contributed by atoms with Crippen molar-refractivity contribution in [1.29, 1.82) is 0 Å². The van der Waals surface area contributed by atoms with Gasteiger partial charge >= 0.3 is 5.97 Å². The van der Waals surface area contributed by atoms with Crippen LogP contribution in [0.3, 0.4) is 0 Å². The summed E-state index contributed by atoms with van der Waals surface area (Å²) in [5.74, 6) is 0.823. The molecule has 1 saturated heterocycles. The van der Waals surface area contributed by atoms with Crippen LogP contribution in [0.2, 0.25) is 0 Å². The number of likely N-dealkylation sites (tertiary alicyclic amines) is 1. The van der Waals surface area contributed by atoms with Gasteiger partial charge in [-0.3, -0.25) is 4.79 Å². The van der Waals surface area contributed by atoms with Crippen molar-refractivity contribution in [2.45, 2.75) is 26.2 Å². The molecule has 0 amide bonds. The monoisotopic (exact) mass is 233 g/mol. The normalized spacial score (nSPS) is 19.1. The molecule has 0 bridgehead atoms. The maximum absolute atomic E-state index is 11.5. The molecule has 1 aliphatic rings. The second-order valence-electron chi connectivity index (χ2n) is 3.91. The number of hydrogen-bond acceptors (Lipinski definition) is 3. The third-order valence-electron chi connectivity index (χ3n) is 2.82. The summed E-state index contributed by atoms with van der Waals surface area (Å²) in [6.07, 6.45) is 2.90. The van der Waals surface area contributed by atoms with E-state index in [0.717, 1.165) is 44.8 Å². The highest BCUT2D eigenvalue weighted by Crippen LogP contribution is 2.18. The number of alkyl halides is 1. The number of nitrogens with zero attached hydrogens (tertiary/aromatic N) is 1. The number of rotatable bonds is 5. The Morgan fingerprint density at radius 3 is 2.67 bits per heavy atom. The van der Waals surface area contributed by atoms with E-state index in [9.17, 15) is 4.79 Å². The third kappa shape index (κ3) is 4.39. The van der Waals surface area contributed by atoms with Crippen molar-refractivity contribution in [3.05, 3.63) is 0 Å². The summed E-state index contributed by atoms with van der Waals surface area (Å²) < 4.78 is 5.02. The first-order chi connectivity index (χ1) is 7.27. The van der Waals surface area contributed by atoms with Crippen LogP contribution in [0.15, 0.2) is 0 Å². The summed E-state index contributed by atoms with van der Waals surface area (Å²) >= 11 is 5.64. The Morgan fingerprint density at radius 1 is 1.47 bits per heavy atom. The molecule has 0 atom stereocenters. The summed E-state index contributed by atoms with van der Waals surface area (Å²) in [7, 11) is 0. The highest BCUT2D eigenvalue weighted by Gasteiger charge is 2.25. The summed E-state index contributed by atoms with van der Waals surface area (Å²) in [5.41, 5.74) is 0. The molecule has 0 aromatic carbocycles. The molecule has 1 heterocycles. The van der Waals surface area contributed by atoms with E-state index in [1.807, 2.05) is 6.92 Å². The average Bonchev–Trinajstić information content (AvgIpc) is 2.27. The third-order valence-corrected chi connectivity index (χ3v) is 3.08. The highest BCUT2D eigenvalue weighted by atomic mass is 35.5. The van der Waals surface area contributed by atoms with Gasteiger partial charge in [0.15, 0.2) is 0 Å². The van der Waals surface area contributed by atoms with E-state index >= 15 is 0 Å². The van der Waals surface area contributed by atoms with E-state index in [-0.39, 0.29) is 11.9 Å². The van der Waals surface area contributed by atoms with Crippen LogP contribution in [0.25, 0.3) is 0 Å². The Balaban J connectivity index is 2.20. The van der Waals surface area contributed by atoms with Crippen molar-refractivity contribution in [2.75, 3.05) is 32.1 Å². The lowest BCUT2D eigenvalue weighted by molar-refractivity contribution is -0.149. The maximum Gasteiger partial charge on any atom is 0.309 e. The van der Waals surface area contributed by atoms with Crippen LogP contribution >= 0.6 is 11.6 Å². The summed E-state index contributed by atoms with van der Waals surface area (Å²) in [4.78, 5) is 13.8. The Bertz CT molecular complexity index is 191. The van der Waals surface area contributed by atoms with Crippen molar-refractivity contribution in [1.82, 2.24) is 4.90 Å². The van der Waals surface area contributed by atoms with Gasteiger partial charge in [0.25, 0.3) is 0 Å². The van der Waals surface area contributed by atoms with Crippen molar-refractivity contribution in [2.24, 2.45) is 5.92 Å². The molecule has 0 aromatic rings. The molecule has 1 fully saturated rings. The predicted octanol–water partition coefficient (Wildman–Crippen LogP) is 1.89. The number of esters is 1. The predicted molar refractivity (Wildman–Crippen MR) is 61.1 cm³/mol. The standard InChI is InChI=1S/C11H20ClNO2/c1-2-15-11(14)10-4-8-13(9-5-10)7-3-6-12/h10H,2-9H2,1H3. The van der Waals surface area contributed by atoms with Crippen LogP contribution in [0, 0.1) is 5.92 Å². The minimum Gasteiger partial charge on any atom is -0.466 e. The Kier molecular flexibility index (Phi) is 6.03. The SMILES string of the molecule is CCOC(=O)C1CCN(CCCCl)CC1. The van der Waals surface area contributed by atoms with E-state index in [1.54, 1.807) is 0 Å². The molecular weight excluding hydrogens is 214 g/mol. The zero-order valence-electron chi connectivity index (χ0n) is 9.38. The van der Waals surface area contributed by atoms with Crippen molar-refractivity contribution < 1.29 is 9.53 Å². The van der Waals surface area contributed by atoms with Crippen molar-refractivity contribution in [3.8, 4) is 0 Å². The number of piperidine rings is 1. The zero-order chi connectivity index (χ0) is 11.1. The highest BCUT2D eigenvalue weighted by molar-refractivity contribution is 6.17. The molecule has 0 aliphatic carbocycles. The van der Waals surface area contributed by atoms with Gasteiger partial charge in [0, 0.05) is 5.88 Å². The van der Waals surface area contributed by atoms with Gasteiger partial charge in [-0.2, -0.15) is 0 Å². The Labute approximate surface area is 96.7 Å². The molecule has 88 valence electrons. The van der Waals surface area contributed by atoms with Crippen molar-refractivity contribution in [3.63, 3.8) is 0 Å². The minimum absolute atomic E-state index is 0.0190. The topological polar surface area (TPSA) is 29.5 Å². The summed E-state index contributed by atoms with van der Waals surface area (Å²) in [6.45, 7) is 5.40. The van der Waals surface area contributed by atoms with Crippen LogP contribution in [0.1, 0.15) is 26.2 Å². The fraction of sp³-hybridized carbons (Fsp3) is 0.909. The quantitative estimate of drug-likeness (QED) is 0.537. The number of ether oxygens (including phenoxy) is 1. The fourth-order valence-electron chi connectivity index (χ4n) is 1.94. The van der Waals surface area contributed by atoms with Crippen molar-refractivity contribution >= 4 is 17.6 Å². The molecule has 0 spiro atoms. The Morgan fingerprint density at radius 2 is 2.13 bits per heavy atom. The van der Waals surface area contributed by atoms with E-state index < -0.39 is 0 Å². The molecule has 1 rings (SSSR count). The molecular formula is C11H20ClNO2. The lowest BCUT2D eigenvalue weighted by Gasteiger charge is -2.30. The molecule has 15 heavy (non-hydrogen) atoms. The van der Waals surface area contributed by atoms with Crippen LogP contribution < -0.4 is 0 Å². The first-order valence-electron chi connectivity index (χ1n) is 5.73. The maximum atomic E-state index is 11.5. The summed E-state index contributed by atoms with van der Waals surface area (Å²) in [5, 5.41) is 0. The van der Waals surface area contributed by atoms with Gasteiger partial charge < -0.3 is 9.64 Å². The first-order valence-corrected chi connectivity index (χ1v) is 6.26. The zero-order valence-corrected chi connectivity index (χ0v) is 10.1. The largest absolute Gasteiger partial charge is 0.466 e. The van der Waals surface area contributed by atoms with E-state index in [4.69, 9.17) is 16.3 Å². The van der Waals surface area contributed by atoms with Crippen LogP contribution in [0.5, 0.6) is 0 Å².